The van der Waals surface area contributed by atoms with Crippen molar-refractivity contribution in [2.24, 2.45) is 0 Å². The molecule has 0 amide bonds. The Kier molecular flexibility index (Phi) is 5.31. The van der Waals surface area contributed by atoms with Crippen molar-refractivity contribution in [1.82, 2.24) is 0 Å². The van der Waals surface area contributed by atoms with Gasteiger partial charge in [-0.3, -0.25) is 0 Å². The van der Waals surface area contributed by atoms with Gasteiger partial charge in [-0.25, -0.2) is 0 Å². The van der Waals surface area contributed by atoms with E-state index in [0.29, 0.717) is 11.5 Å². The number of hydrogen-bond acceptors (Lipinski definition) is 1. The van der Waals surface area contributed by atoms with E-state index in [9.17, 15) is 0 Å². The van der Waals surface area contributed by atoms with Gasteiger partial charge in [0.2, 0.25) is 0 Å². The second kappa shape index (κ2) is 7.81. The summed E-state index contributed by atoms with van der Waals surface area (Å²) in [5.41, 5.74) is 7.14. The second-order valence-corrected chi connectivity index (χ2v) is 6.52. The minimum atomic E-state index is 0.314. The molecule has 1 nitrogen and oxygen atoms in total. The van der Waals surface area contributed by atoms with E-state index >= 15 is 0 Å². The first-order chi connectivity index (χ1) is 12.2. The molecule has 3 aromatic rings. The lowest BCUT2D eigenvalue weighted by molar-refractivity contribution is 0.921. The Bertz CT molecular complexity index is 850. The van der Waals surface area contributed by atoms with Crippen molar-refractivity contribution in [3.8, 4) is 17.2 Å². The summed E-state index contributed by atoms with van der Waals surface area (Å²) in [5.74, 6) is 0.314. The maximum Gasteiger partial charge on any atom is 0.0991 e. The first-order valence-electron chi connectivity index (χ1n) is 8.90. The van der Waals surface area contributed by atoms with Crippen LogP contribution >= 0.6 is 0 Å². The van der Waals surface area contributed by atoms with Crippen molar-refractivity contribution in [3.05, 3.63) is 95.1 Å². The van der Waals surface area contributed by atoms with Crippen molar-refractivity contribution in [2.75, 3.05) is 0 Å². The molecule has 0 saturated carbocycles. The zero-order valence-corrected chi connectivity index (χ0v) is 14.9. The van der Waals surface area contributed by atoms with Gasteiger partial charge in [-0.2, -0.15) is 5.26 Å². The summed E-state index contributed by atoms with van der Waals surface area (Å²) in [4.78, 5) is 0. The molecular weight excluding hydrogens is 302 g/mol. The molecule has 3 aromatic carbocycles. The Morgan fingerprint density at radius 3 is 1.72 bits per heavy atom. The topological polar surface area (TPSA) is 23.8 Å². The Labute approximate surface area is 150 Å². The quantitative estimate of drug-likeness (QED) is 0.537. The Balaban J connectivity index is 1.78. The van der Waals surface area contributed by atoms with E-state index in [1.807, 2.05) is 24.3 Å². The number of hydrogen-bond donors (Lipinski definition) is 0. The molecule has 3 rings (SSSR count). The lowest BCUT2D eigenvalue weighted by atomic mass is 9.91. The van der Waals surface area contributed by atoms with Gasteiger partial charge in [0.05, 0.1) is 11.6 Å². The first-order valence-corrected chi connectivity index (χ1v) is 8.90. The molecule has 0 bridgehead atoms. The van der Waals surface area contributed by atoms with Crippen LogP contribution in [0.25, 0.3) is 11.1 Å². The number of nitriles is 1. The van der Waals surface area contributed by atoms with Crippen LogP contribution in [0.15, 0.2) is 72.8 Å². The molecule has 0 fully saturated rings. The van der Waals surface area contributed by atoms with Crippen LogP contribution in [0.4, 0.5) is 0 Å². The zero-order chi connectivity index (χ0) is 17.6. The summed E-state index contributed by atoms with van der Waals surface area (Å²) in [5, 5.41) is 8.92. The fourth-order valence-electron chi connectivity index (χ4n) is 3.16. The lowest BCUT2D eigenvalue weighted by Gasteiger charge is -2.13. The molecule has 1 atom stereocenters. The summed E-state index contributed by atoms with van der Waals surface area (Å²) in [6.07, 6.45) is 2.32. The van der Waals surface area contributed by atoms with Gasteiger partial charge in [-0.05, 0) is 46.4 Å². The van der Waals surface area contributed by atoms with Crippen LogP contribution in [0, 0.1) is 11.3 Å². The molecule has 1 heteroatoms. The molecule has 0 saturated heterocycles. The van der Waals surface area contributed by atoms with E-state index in [0.717, 1.165) is 6.42 Å². The van der Waals surface area contributed by atoms with Crippen LogP contribution in [-0.2, 0) is 6.42 Å². The molecule has 1 unspecified atom stereocenters. The van der Waals surface area contributed by atoms with Gasteiger partial charge in [0.15, 0.2) is 0 Å². The minimum Gasteiger partial charge on any atom is -0.192 e. The average Bonchev–Trinajstić information content (AvgIpc) is 2.68. The highest BCUT2D eigenvalue weighted by Gasteiger charge is 2.09. The maximum absolute atomic E-state index is 8.92. The predicted molar refractivity (Wildman–Crippen MR) is 105 cm³/mol. The third-order valence-corrected chi connectivity index (χ3v) is 4.78. The molecular formula is C24H23N. The third-order valence-electron chi connectivity index (χ3n) is 4.78. The van der Waals surface area contributed by atoms with E-state index in [1.54, 1.807) is 0 Å². The number of benzene rings is 3. The number of rotatable bonds is 5. The van der Waals surface area contributed by atoms with Crippen LogP contribution in [0.3, 0.4) is 0 Å². The van der Waals surface area contributed by atoms with Gasteiger partial charge in [-0.15, -0.1) is 0 Å². The molecule has 0 aliphatic heterocycles. The summed E-state index contributed by atoms with van der Waals surface area (Å²) in [6.45, 7) is 4.41. The lowest BCUT2D eigenvalue weighted by Crippen LogP contribution is -1.96. The smallest absolute Gasteiger partial charge is 0.0991 e. The minimum absolute atomic E-state index is 0.314. The molecule has 25 heavy (non-hydrogen) atoms. The van der Waals surface area contributed by atoms with Crippen LogP contribution in [-0.4, -0.2) is 0 Å². The molecule has 0 spiro atoms. The molecule has 0 N–H and O–H groups in total. The predicted octanol–water partition coefficient (Wildman–Crippen LogP) is 6.33. The van der Waals surface area contributed by atoms with Gasteiger partial charge in [0.1, 0.15) is 0 Å². The fourth-order valence-corrected chi connectivity index (χ4v) is 3.16. The highest BCUT2D eigenvalue weighted by molar-refractivity contribution is 5.64. The van der Waals surface area contributed by atoms with Crippen molar-refractivity contribution < 1.29 is 0 Å². The van der Waals surface area contributed by atoms with E-state index in [-0.39, 0.29) is 0 Å². The molecule has 0 radical (unpaired) electrons. The monoisotopic (exact) mass is 325 g/mol. The number of aryl methyl sites for hydroxylation is 1. The van der Waals surface area contributed by atoms with E-state index < -0.39 is 0 Å². The molecule has 124 valence electrons. The van der Waals surface area contributed by atoms with Crippen molar-refractivity contribution >= 4 is 0 Å². The van der Waals surface area contributed by atoms with Gasteiger partial charge in [0.25, 0.3) is 0 Å². The second-order valence-electron chi connectivity index (χ2n) is 6.52. The normalized spacial score (nSPS) is 11.7. The molecule has 0 aliphatic rings. The average molecular weight is 325 g/mol. The van der Waals surface area contributed by atoms with Crippen molar-refractivity contribution in [2.45, 2.75) is 32.6 Å². The van der Waals surface area contributed by atoms with Gasteiger partial charge < -0.3 is 0 Å². The molecule has 0 aliphatic carbocycles. The van der Waals surface area contributed by atoms with Gasteiger partial charge >= 0.3 is 0 Å². The fraction of sp³-hybridized carbons (Fsp3) is 0.208. The Morgan fingerprint density at radius 1 is 0.760 bits per heavy atom. The van der Waals surface area contributed by atoms with Crippen molar-refractivity contribution in [3.63, 3.8) is 0 Å². The van der Waals surface area contributed by atoms with E-state index in [2.05, 4.69) is 68.4 Å². The van der Waals surface area contributed by atoms with Crippen LogP contribution in [0.5, 0.6) is 0 Å². The summed E-state index contributed by atoms with van der Waals surface area (Å²) in [7, 11) is 0. The molecule has 0 heterocycles. The summed E-state index contributed by atoms with van der Waals surface area (Å²) < 4.78 is 0. The first kappa shape index (κ1) is 17.0. The summed E-state index contributed by atoms with van der Waals surface area (Å²) >= 11 is 0. The van der Waals surface area contributed by atoms with Crippen molar-refractivity contribution in [1.29, 1.82) is 5.26 Å². The van der Waals surface area contributed by atoms with Gasteiger partial charge in [0, 0.05) is 5.92 Å². The maximum atomic E-state index is 8.92. The van der Waals surface area contributed by atoms with E-state index in [4.69, 9.17) is 5.26 Å². The standard InChI is InChI=1S/C24H23N/c1-3-4-19-5-11-23(12-6-19)24-15-13-22(14-16-24)18(2)21-9-7-20(17-25)8-10-21/h5-16,18H,3-4H2,1-2H3. The van der Waals surface area contributed by atoms with Crippen LogP contribution in [0.1, 0.15) is 48.4 Å². The largest absolute Gasteiger partial charge is 0.192 e. The SMILES string of the molecule is CCCc1ccc(-c2ccc(C(C)c3ccc(C#N)cc3)cc2)cc1. The molecule has 0 aromatic heterocycles. The highest BCUT2D eigenvalue weighted by atomic mass is 14.2. The van der Waals surface area contributed by atoms with Crippen LogP contribution in [0.2, 0.25) is 0 Å². The summed E-state index contributed by atoms with van der Waals surface area (Å²) in [6, 6.07) is 27.7. The Morgan fingerprint density at radius 2 is 1.24 bits per heavy atom. The Hall–Kier alpha value is -2.85. The number of nitrogens with zero attached hydrogens (tertiary/aromatic N) is 1. The van der Waals surface area contributed by atoms with Gasteiger partial charge in [-0.1, -0.05) is 80.9 Å². The third kappa shape index (κ3) is 3.98. The van der Waals surface area contributed by atoms with E-state index in [1.165, 1.54) is 34.2 Å². The van der Waals surface area contributed by atoms with Crippen LogP contribution < -0.4 is 0 Å². The highest BCUT2D eigenvalue weighted by Crippen LogP contribution is 2.27. The zero-order valence-electron chi connectivity index (χ0n) is 14.9.